The van der Waals surface area contributed by atoms with Gasteiger partial charge < -0.3 is 9.73 Å². The van der Waals surface area contributed by atoms with Crippen LogP contribution in [0.5, 0.6) is 0 Å². The van der Waals surface area contributed by atoms with Gasteiger partial charge in [-0.15, -0.1) is 0 Å². The Balaban J connectivity index is 1.37. The fourth-order valence-corrected chi connectivity index (χ4v) is 3.21. The molecular weight excluding hydrogens is 394 g/mol. The molecular formula is C20H16BrN3O2. The molecule has 6 heteroatoms. The Morgan fingerprint density at radius 2 is 1.96 bits per heavy atom. The first-order valence-corrected chi connectivity index (χ1v) is 9.06. The van der Waals surface area contributed by atoms with Crippen LogP contribution in [0.2, 0.25) is 0 Å². The number of benzene rings is 2. The molecule has 5 nitrogen and oxygen atoms in total. The van der Waals surface area contributed by atoms with Crippen LogP contribution in [-0.2, 0) is 6.42 Å². The van der Waals surface area contributed by atoms with Crippen LogP contribution in [0, 0.1) is 0 Å². The van der Waals surface area contributed by atoms with E-state index in [2.05, 4.69) is 26.3 Å². The van der Waals surface area contributed by atoms with Gasteiger partial charge in [0.2, 0.25) is 0 Å². The number of furan rings is 1. The molecule has 2 aromatic carbocycles. The van der Waals surface area contributed by atoms with Crippen LogP contribution >= 0.6 is 15.9 Å². The molecule has 1 N–H and O–H groups in total. The molecule has 26 heavy (non-hydrogen) atoms. The highest BCUT2D eigenvalue weighted by atomic mass is 79.9. The van der Waals surface area contributed by atoms with Gasteiger partial charge in [-0.2, -0.15) is 5.10 Å². The summed E-state index contributed by atoms with van der Waals surface area (Å²) in [5.74, 6) is 0.0808. The average molecular weight is 410 g/mol. The first kappa shape index (κ1) is 16.6. The van der Waals surface area contributed by atoms with E-state index in [0.717, 1.165) is 21.2 Å². The van der Waals surface area contributed by atoms with Crippen molar-refractivity contribution >= 4 is 32.8 Å². The Morgan fingerprint density at radius 3 is 2.77 bits per heavy atom. The normalized spacial score (nSPS) is 11.0. The van der Waals surface area contributed by atoms with E-state index >= 15 is 0 Å². The maximum absolute atomic E-state index is 12.3. The lowest BCUT2D eigenvalue weighted by atomic mass is 10.2. The van der Waals surface area contributed by atoms with E-state index in [1.54, 1.807) is 6.07 Å². The predicted molar refractivity (Wildman–Crippen MR) is 104 cm³/mol. The number of amides is 1. The van der Waals surface area contributed by atoms with Gasteiger partial charge in [0.15, 0.2) is 5.76 Å². The molecule has 0 spiro atoms. The molecule has 2 heterocycles. The van der Waals surface area contributed by atoms with Crippen LogP contribution in [-0.4, -0.2) is 22.2 Å². The number of para-hydroxylation sites is 2. The highest BCUT2D eigenvalue weighted by Gasteiger charge is 2.13. The molecule has 0 fully saturated rings. The minimum absolute atomic E-state index is 0.226. The molecule has 130 valence electrons. The Hall–Kier alpha value is -2.86. The number of nitrogens with zero attached hydrogens (tertiary/aromatic N) is 2. The van der Waals surface area contributed by atoms with Crippen molar-refractivity contribution in [3.05, 3.63) is 82.8 Å². The maximum Gasteiger partial charge on any atom is 0.287 e. The van der Waals surface area contributed by atoms with Gasteiger partial charge in [0, 0.05) is 24.5 Å². The van der Waals surface area contributed by atoms with Gasteiger partial charge in [-0.3, -0.25) is 4.79 Å². The second kappa shape index (κ2) is 7.17. The lowest BCUT2D eigenvalue weighted by molar-refractivity contribution is 0.0928. The summed E-state index contributed by atoms with van der Waals surface area (Å²) in [4.78, 5) is 12.3. The van der Waals surface area contributed by atoms with Crippen molar-refractivity contribution in [2.24, 2.45) is 0 Å². The largest absolute Gasteiger partial charge is 0.450 e. The first-order valence-electron chi connectivity index (χ1n) is 8.27. The number of hydrogen-bond donors (Lipinski definition) is 1. The van der Waals surface area contributed by atoms with Crippen molar-refractivity contribution in [1.29, 1.82) is 0 Å². The lowest BCUT2D eigenvalue weighted by Crippen LogP contribution is -2.25. The molecule has 0 saturated heterocycles. The van der Waals surface area contributed by atoms with Crippen LogP contribution in [0.25, 0.3) is 16.7 Å². The number of carbonyl (C=O) groups is 1. The number of carbonyl (C=O) groups excluding carboxylic acids is 1. The molecule has 0 aliphatic rings. The van der Waals surface area contributed by atoms with E-state index in [-0.39, 0.29) is 5.91 Å². The third-order valence-electron chi connectivity index (χ3n) is 4.05. The van der Waals surface area contributed by atoms with Gasteiger partial charge in [-0.25, -0.2) is 4.68 Å². The summed E-state index contributed by atoms with van der Waals surface area (Å²) in [5.41, 5.74) is 2.61. The zero-order chi connectivity index (χ0) is 17.9. The van der Waals surface area contributed by atoms with E-state index in [0.29, 0.717) is 24.3 Å². The van der Waals surface area contributed by atoms with Crippen LogP contribution in [0.1, 0.15) is 16.2 Å². The van der Waals surface area contributed by atoms with E-state index < -0.39 is 0 Å². The van der Waals surface area contributed by atoms with Crippen molar-refractivity contribution in [3.8, 4) is 5.69 Å². The third-order valence-corrected chi connectivity index (χ3v) is 4.68. The summed E-state index contributed by atoms with van der Waals surface area (Å²) >= 11 is 3.43. The van der Waals surface area contributed by atoms with Gasteiger partial charge in [-0.1, -0.05) is 30.3 Å². The van der Waals surface area contributed by atoms with Crippen molar-refractivity contribution in [3.63, 3.8) is 0 Å². The summed E-state index contributed by atoms with van der Waals surface area (Å²) < 4.78 is 8.31. The summed E-state index contributed by atoms with van der Waals surface area (Å²) in [5, 5.41) is 8.31. The molecule has 0 aliphatic heterocycles. The molecule has 0 radical (unpaired) electrons. The molecule has 0 aliphatic carbocycles. The molecule has 0 bridgehead atoms. The number of rotatable bonds is 5. The standard InChI is InChI=1S/C20H16BrN3O2/c21-17-8-4-5-14-13-18(26-19(14)17)20(25)22-11-9-15-10-12-24(23-15)16-6-2-1-3-7-16/h1-8,10,12-13H,9,11H2,(H,22,25). The second-order valence-electron chi connectivity index (χ2n) is 5.86. The van der Waals surface area contributed by atoms with E-state index in [9.17, 15) is 4.79 Å². The molecule has 4 aromatic rings. The number of nitrogens with one attached hydrogen (secondary N) is 1. The molecule has 1 amide bonds. The average Bonchev–Trinajstić information content (AvgIpc) is 3.30. The maximum atomic E-state index is 12.3. The minimum atomic E-state index is -0.226. The Labute approximate surface area is 158 Å². The summed E-state index contributed by atoms with van der Waals surface area (Å²) in [7, 11) is 0. The van der Waals surface area contributed by atoms with Gasteiger partial charge in [0.1, 0.15) is 5.58 Å². The number of aromatic nitrogens is 2. The summed E-state index contributed by atoms with van der Waals surface area (Å²) in [6.07, 6.45) is 2.57. The van der Waals surface area contributed by atoms with Crippen LogP contribution < -0.4 is 5.32 Å². The first-order chi connectivity index (χ1) is 12.7. The number of fused-ring (bicyclic) bond motifs is 1. The Morgan fingerprint density at radius 1 is 1.12 bits per heavy atom. The van der Waals surface area contributed by atoms with Gasteiger partial charge >= 0.3 is 0 Å². The monoisotopic (exact) mass is 409 g/mol. The minimum Gasteiger partial charge on any atom is -0.450 e. The lowest BCUT2D eigenvalue weighted by Gasteiger charge is -2.02. The SMILES string of the molecule is O=C(NCCc1ccn(-c2ccccc2)n1)c1cc2cccc(Br)c2o1. The molecule has 0 saturated carbocycles. The number of halogens is 1. The molecule has 4 rings (SSSR count). The number of hydrogen-bond acceptors (Lipinski definition) is 3. The second-order valence-corrected chi connectivity index (χ2v) is 6.72. The quantitative estimate of drug-likeness (QED) is 0.532. The van der Waals surface area contributed by atoms with Gasteiger partial charge in [0.05, 0.1) is 15.9 Å². The Kier molecular flexibility index (Phi) is 4.58. The highest BCUT2D eigenvalue weighted by Crippen LogP contribution is 2.26. The third kappa shape index (κ3) is 3.41. The van der Waals surface area contributed by atoms with E-state index in [1.807, 2.05) is 65.5 Å². The van der Waals surface area contributed by atoms with E-state index in [1.165, 1.54) is 0 Å². The Bertz CT molecular complexity index is 1050. The smallest absolute Gasteiger partial charge is 0.287 e. The summed E-state index contributed by atoms with van der Waals surface area (Å²) in [6, 6.07) is 19.3. The van der Waals surface area contributed by atoms with Crippen LogP contribution in [0.3, 0.4) is 0 Å². The fourth-order valence-electron chi connectivity index (χ4n) is 2.75. The zero-order valence-electron chi connectivity index (χ0n) is 13.9. The van der Waals surface area contributed by atoms with Crippen molar-refractivity contribution in [1.82, 2.24) is 15.1 Å². The van der Waals surface area contributed by atoms with Crippen LogP contribution in [0.4, 0.5) is 0 Å². The van der Waals surface area contributed by atoms with Crippen molar-refractivity contribution in [2.45, 2.75) is 6.42 Å². The topological polar surface area (TPSA) is 60.1 Å². The van der Waals surface area contributed by atoms with Crippen LogP contribution in [0.15, 0.2) is 75.8 Å². The fraction of sp³-hybridized carbons (Fsp3) is 0.100. The van der Waals surface area contributed by atoms with Crippen molar-refractivity contribution in [2.75, 3.05) is 6.54 Å². The van der Waals surface area contributed by atoms with Crippen molar-refractivity contribution < 1.29 is 9.21 Å². The van der Waals surface area contributed by atoms with Gasteiger partial charge in [0.25, 0.3) is 5.91 Å². The highest BCUT2D eigenvalue weighted by molar-refractivity contribution is 9.10. The molecule has 2 aromatic heterocycles. The van der Waals surface area contributed by atoms with E-state index in [4.69, 9.17) is 4.42 Å². The zero-order valence-corrected chi connectivity index (χ0v) is 15.4. The predicted octanol–water partition coefficient (Wildman–Crippen LogP) is 4.35. The van der Waals surface area contributed by atoms with Gasteiger partial charge in [-0.05, 0) is 46.3 Å². The molecule has 0 atom stereocenters. The summed E-state index contributed by atoms with van der Waals surface area (Å²) in [6.45, 7) is 0.489. The molecule has 0 unspecified atom stereocenters.